The second-order valence-corrected chi connectivity index (χ2v) is 8.39. The summed E-state index contributed by atoms with van der Waals surface area (Å²) >= 11 is 6.07. The molecule has 3 aromatic rings. The fourth-order valence-electron chi connectivity index (χ4n) is 3.39. The van der Waals surface area contributed by atoms with E-state index in [9.17, 15) is 14.1 Å². The van der Waals surface area contributed by atoms with Crippen molar-refractivity contribution in [1.82, 2.24) is 0 Å². The van der Waals surface area contributed by atoms with Crippen molar-refractivity contribution >= 4 is 34.2 Å². The monoisotopic (exact) mass is 427 g/mol. The van der Waals surface area contributed by atoms with Gasteiger partial charge in [0.15, 0.2) is 16.7 Å². The van der Waals surface area contributed by atoms with Gasteiger partial charge >= 0.3 is 5.97 Å². The Morgan fingerprint density at radius 1 is 1.10 bits per heavy atom. The van der Waals surface area contributed by atoms with Gasteiger partial charge in [-0.25, -0.2) is 9.00 Å². The van der Waals surface area contributed by atoms with Gasteiger partial charge in [0, 0.05) is 6.54 Å². The van der Waals surface area contributed by atoms with Crippen molar-refractivity contribution in [3.05, 3.63) is 76.8 Å². The number of carbonyl (C=O) groups excluding carboxylic acids is 1. The quantitative estimate of drug-likeness (QED) is 0.618. The first-order chi connectivity index (χ1) is 14.0. The third-order valence-electron chi connectivity index (χ3n) is 4.88. The molecule has 0 spiro atoms. The Morgan fingerprint density at radius 2 is 1.86 bits per heavy atom. The van der Waals surface area contributed by atoms with Crippen LogP contribution in [-0.4, -0.2) is 28.9 Å². The number of anilines is 1. The minimum Gasteiger partial charge on any atom is -0.505 e. The number of carbonyl (C=O) groups is 1. The van der Waals surface area contributed by atoms with Crippen molar-refractivity contribution < 1.29 is 18.8 Å². The van der Waals surface area contributed by atoms with E-state index in [2.05, 4.69) is 0 Å². The molecule has 0 amide bonds. The molecule has 0 aliphatic carbocycles. The Balaban J connectivity index is 1.74. The molecule has 0 saturated carbocycles. The minimum atomic E-state index is -1.74. The van der Waals surface area contributed by atoms with Gasteiger partial charge in [0.05, 0.1) is 23.4 Å². The van der Waals surface area contributed by atoms with Crippen LogP contribution in [-0.2, 0) is 22.1 Å². The predicted molar refractivity (Wildman–Crippen MR) is 114 cm³/mol. The minimum absolute atomic E-state index is 0.0475. The molecule has 1 unspecified atom stereocenters. The summed E-state index contributed by atoms with van der Waals surface area (Å²) in [7, 11) is -0.493. The number of hydrogen-bond acceptors (Lipinski definition) is 4. The van der Waals surface area contributed by atoms with Gasteiger partial charge in [0.1, 0.15) is 4.90 Å². The van der Waals surface area contributed by atoms with Crippen LogP contribution in [0.2, 0.25) is 5.02 Å². The van der Waals surface area contributed by atoms with Crippen LogP contribution in [0.5, 0.6) is 5.75 Å². The summed E-state index contributed by atoms with van der Waals surface area (Å²) in [6.45, 7) is 0.527. The van der Waals surface area contributed by atoms with Gasteiger partial charge in [-0.2, -0.15) is 0 Å². The number of benzene rings is 3. The Bertz CT molecular complexity index is 1120. The van der Waals surface area contributed by atoms with Crippen molar-refractivity contribution in [3.8, 4) is 16.9 Å². The summed E-state index contributed by atoms with van der Waals surface area (Å²) in [6, 6.07) is 18.7. The lowest BCUT2D eigenvalue weighted by Crippen LogP contribution is -2.23. The van der Waals surface area contributed by atoms with Gasteiger partial charge in [-0.3, -0.25) is 4.31 Å². The van der Waals surface area contributed by atoms with Crippen LogP contribution < -0.4 is 4.31 Å². The van der Waals surface area contributed by atoms with E-state index in [0.29, 0.717) is 6.54 Å². The highest BCUT2D eigenvalue weighted by Crippen LogP contribution is 2.38. The molecule has 0 radical (unpaired) electrons. The number of halogens is 1. The molecule has 1 heterocycles. The van der Waals surface area contributed by atoms with E-state index in [1.165, 1.54) is 19.2 Å². The number of rotatable bonds is 4. The molecule has 1 aliphatic rings. The molecular weight excluding hydrogens is 410 g/mol. The molecule has 1 atom stereocenters. The number of hydrogen-bond donors (Lipinski definition) is 1. The van der Waals surface area contributed by atoms with Crippen molar-refractivity contribution in [1.29, 1.82) is 0 Å². The summed E-state index contributed by atoms with van der Waals surface area (Å²) in [5.41, 5.74) is 4.12. The molecule has 29 heavy (non-hydrogen) atoms. The van der Waals surface area contributed by atoms with Gasteiger partial charge < -0.3 is 9.84 Å². The van der Waals surface area contributed by atoms with Crippen LogP contribution >= 0.6 is 11.6 Å². The second-order valence-electron chi connectivity index (χ2n) is 6.61. The zero-order valence-corrected chi connectivity index (χ0v) is 17.2. The van der Waals surface area contributed by atoms with Crippen LogP contribution in [0.15, 0.2) is 65.6 Å². The average Bonchev–Trinajstić information content (AvgIpc) is 3.18. The molecule has 148 valence electrons. The van der Waals surface area contributed by atoms with Gasteiger partial charge in [-0.15, -0.1) is 0 Å². The number of aromatic hydroxyl groups is 1. The lowest BCUT2D eigenvalue weighted by atomic mass is 10.0. The van der Waals surface area contributed by atoms with Gasteiger partial charge in [0.2, 0.25) is 0 Å². The Morgan fingerprint density at radius 3 is 2.59 bits per heavy atom. The molecule has 0 bridgehead atoms. The molecule has 0 saturated heterocycles. The van der Waals surface area contributed by atoms with Crippen molar-refractivity contribution in [2.75, 3.05) is 18.0 Å². The van der Waals surface area contributed by atoms with E-state index in [1.54, 1.807) is 4.31 Å². The SMILES string of the molecule is COC(=O)c1cc(Cl)c(O)c(S(=O)N2CCc3ccc(-c4ccccc4)cc32)c1. The molecule has 3 aromatic carbocycles. The zero-order valence-electron chi connectivity index (χ0n) is 15.6. The van der Waals surface area contributed by atoms with E-state index in [4.69, 9.17) is 16.3 Å². The lowest BCUT2D eigenvalue weighted by Gasteiger charge is -2.20. The molecular formula is C22H18ClNO4S. The lowest BCUT2D eigenvalue weighted by molar-refractivity contribution is 0.0600. The van der Waals surface area contributed by atoms with Gasteiger partial charge in [0.25, 0.3) is 0 Å². The third kappa shape index (κ3) is 3.61. The Labute approximate surface area is 176 Å². The molecule has 0 aromatic heterocycles. The Kier molecular flexibility index (Phi) is 5.30. The normalized spacial score (nSPS) is 13.8. The first-order valence-electron chi connectivity index (χ1n) is 8.98. The molecule has 1 N–H and O–H groups in total. The first-order valence-corrected chi connectivity index (χ1v) is 10.5. The van der Waals surface area contributed by atoms with Crippen LogP contribution in [0.1, 0.15) is 15.9 Å². The van der Waals surface area contributed by atoms with Crippen LogP contribution in [0.4, 0.5) is 5.69 Å². The summed E-state index contributed by atoms with van der Waals surface area (Å²) in [4.78, 5) is 12.0. The highest BCUT2D eigenvalue weighted by molar-refractivity contribution is 7.86. The number of nitrogens with zero attached hydrogens (tertiary/aromatic N) is 1. The van der Waals surface area contributed by atoms with Crippen LogP contribution in [0, 0.1) is 0 Å². The largest absolute Gasteiger partial charge is 0.505 e. The van der Waals surface area contributed by atoms with Crippen LogP contribution in [0.3, 0.4) is 0 Å². The summed E-state index contributed by atoms with van der Waals surface area (Å²) in [6.07, 6.45) is 0.737. The zero-order chi connectivity index (χ0) is 20.5. The van der Waals surface area contributed by atoms with E-state index in [0.717, 1.165) is 28.8 Å². The van der Waals surface area contributed by atoms with E-state index in [1.807, 2.05) is 48.5 Å². The third-order valence-corrected chi connectivity index (χ3v) is 6.64. The number of phenols is 1. The smallest absolute Gasteiger partial charge is 0.337 e. The van der Waals surface area contributed by atoms with E-state index in [-0.39, 0.29) is 21.2 Å². The van der Waals surface area contributed by atoms with Crippen LogP contribution in [0.25, 0.3) is 11.1 Å². The maximum Gasteiger partial charge on any atom is 0.337 e. The topological polar surface area (TPSA) is 66.8 Å². The highest BCUT2D eigenvalue weighted by atomic mass is 35.5. The van der Waals surface area contributed by atoms with E-state index < -0.39 is 17.0 Å². The summed E-state index contributed by atoms with van der Waals surface area (Å²) in [5, 5.41) is 10.3. The molecule has 5 nitrogen and oxygen atoms in total. The molecule has 1 aliphatic heterocycles. The second kappa shape index (κ2) is 7.89. The number of fused-ring (bicyclic) bond motifs is 1. The summed E-state index contributed by atoms with van der Waals surface area (Å²) < 4.78 is 19.8. The number of phenolic OH excluding ortho intramolecular Hbond substituents is 1. The predicted octanol–water partition coefficient (Wildman–Crippen LogP) is 4.58. The number of ether oxygens (including phenoxy) is 1. The maximum absolute atomic E-state index is 13.4. The fourth-order valence-corrected chi connectivity index (χ4v) is 5.02. The van der Waals surface area contributed by atoms with Gasteiger partial charge in [-0.05, 0) is 41.3 Å². The van der Waals surface area contributed by atoms with E-state index >= 15 is 0 Å². The number of methoxy groups -OCH3 is 1. The average molecular weight is 428 g/mol. The molecule has 0 fully saturated rings. The van der Waals surface area contributed by atoms with Crippen molar-refractivity contribution in [2.45, 2.75) is 11.3 Å². The fraction of sp³-hybridized carbons (Fsp3) is 0.136. The first kappa shape index (κ1) is 19.5. The number of esters is 1. The standard InChI is InChI=1S/C22H18ClNO4S/c1-28-22(26)17-11-18(23)21(25)20(13-17)29(27)24-10-9-15-7-8-16(12-19(15)24)14-5-3-2-4-6-14/h2-8,11-13,25H,9-10H2,1H3. The van der Waals surface area contributed by atoms with Crippen molar-refractivity contribution in [2.24, 2.45) is 0 Å². The Hall–Kier alpha value is -2.83. The van der Waals surface area contributed by atoms with Crippen molar-refractivity contribution in [3.63, 3.8) is 0 Å². The molecule has 7 heteroatoms. The highest BCUT2D eigenvalue weighted by Gasteiger charge is 2.28. The van der Waals surface area contributed by atoms with Gasteiger partial charge in [-0.1, -0.05) is 54.1 Å². The maximum atomic E-state index is 13.4. The molecule has 4 rings (SSSR count). The summed E-state index contributed by atoms with van der Waals surface area (Å²) in [5.74, 6) is -0.913.